The first-order valence-corrected chi connectivity index (χ1v) is 19.6. The molecule has 0 fully saturated rings. The van der Waals surface area contributed by atoms with Gasteiger partial charge in [-0.3, -0.25) is 4.99 Å². The van der Waals surface area contributed by atoms with Crippen LogP contribution >= 0.6 is 0 Å². The molecule has 2 aliphatic heterocycles. The minimum absolute atomic E-state index is 0.0571. The second-order valence-electron chi connectivity index (χ2n) is 14.8. The lowest BCUT2D eigenvalue weighted by Crippen LogP contribution is -2.25. The van der Waals surface area contributed by atoms with Crippen molar-refractivity contribution >= 4 is 55.2 Å². The van der Waals surface area contributed by atoms with E-state index < -0.39 is 0 Å². The number of fused-ring (bicyclic) bond motifs is 6. The predicted molar refractivity (Wildman–Crippen MR) is 238 cm³/mol. The molecule has 2 atom stereocenters. The standard InChI is InChI=1S/C53H38N4/c1-4-15-35(16-5-1)45-33-47(36-17-6-2-7-18-36)54-46-32-31-40-43(52(45)46)23-14-24-44(40)53-55-48(37-19-8-3-9-20-37)34-49(56-53)38-27-29-39(30-28-38)57-50-25-12-10-21-41(50)42-22-11-13-26-51(42)57/h1-34,47,53-54,56H. The zero-order valence-electron chi connectivity index (χ0n) is 31.2. The van der Waals surface area contributed by atoms with Crippen LogP contribution in [0.3, 0.4) is 0 Å². The number of allylic oxidation sites excluding steroid dienone is 1. The van der Waals surface area contributed by atoms with E-state index in [0.717, 1.165) is 39.5 Å². The number of hydrogen-bond acceptors (Lipinski definition) is 3. The van der Waals surface area contributed by atoms with Gasteiger partial charge in [0.2, 0.25) is 0 Å². The number of nitrogens with one attached hydrogen (secondary N) is 2. The van der Waals surface area contributed by atoms with Crippen LogP contribution in [-0.4, -0.2) is 10.3 Å². The van der Waals surface area contributed by atoms with Gasteiger partial charge < -0.3 is 15.2 Å². The van der Waals surface area contributed by atoms with Crippen LogP contribution in [-0.2, 0) is 0 Å². The maximum absolute atomic E-state index is 5.41. The second-order valence-corrected chi connectivity index (χ2v) is 14.8. The third kappa shape index (κ3) is 5.73. The monoisotopic (exact) mass is 730 g/mol. The molecule has 2 aliphatic rings. The highest BCUT2D eigenvalue weighted by molar-refractivity contribution is 6.13. The van der Waals surface area contributed by atoms with Gasteiger partial charge in [0, 0.05) is 39.0 Å². The van der Waals surface area contributed by atoms with Gasteiger partial charge in [-0.1, -0.05) is 164 Å². The highest BCUT2D eigenvalue weighted by Crippen LogP contribution is 2.44. The summed E-state index contributed by atoms with van der Waals surface area (Å²) in [6.07, 6.45) is 4.27. The van der Waals surface area contributed by atoms with Gasteiger partial charge in [0.15, 0.2) is 0 Å². The fourth-order valence-corrected chi connectivity index (χ4v) is 8.79. The summed E-state index contributed by atoms with van der Waals surface area (Å²) in [4.78, 5) is 5.41. The van der Waals surface area contributed by atoms with E-state index in [-0.39, 0.29) is 12.2 Å². The van der Waals surface area contributed by atoms with E-state index in [1.807, 2.05) is 0 Å². The summed E-state index contributed by atoms with van der Waals surface area (Å²) in [5.74, 6) is 0. The van der Waals surface area contributed by atoms with Crippen molar-refractivity contribution in [3.8, 4) is 5.69 Å². The van der Waals surface area contributed by atoms with Gasteiger partial charge in [0.05, 0.1) is 22.8 Å². The molecular formula is C53H38N4. The minimum atomic E-state index is -0.309. The van der Waals surface area contributed by atoms with Gasteiger partial charge in [-0.2, -0.15) is 0 Å². The second kappa shape index (κ2) is 13.7. The molecule has 0 radical (unpaired) electrons. The molecule has 2 N–H and O–H groups in total. The molecule has 0 aliphatic carbocycles. The molecule has 4 heteroatoms. The molecule has 57 heavy (non-hydrogen) atoms. The van der Waals surface area contributed by atoms with Crippen molar-refractivity contribution in [3.63, 3.8) is 0 Å². The number of rotatable bonds is 6. The van der Waals surface area contributed by atoms with Crippen LogP contribution in [0.5, 0.6) is 0 Å². The highest BCUT2D eigenvalue weighted by Gasteiger charge is 2.26. The number of benzene rings is 8. The van der Waals surface area contributed by atoms with Crippen LogP contribution in [0.25, 0.3) is 49.5 Å². The number of anilines is 1. The first-order chi connectivity index (χ1) is 28.3. The molecule has 0 bridgehead atoms. The first-order valence-electron chi connectivity index (χ1n) is 19.6. The molecule has 11 rings (SSSR count). The van der Waals surface area contributed by atoms with Gasteiger partial charge in [-0.05, 0) is 81.1 Å². The molecule has 270 valence electrons. The maximum atomic E-state index is 5.41. The largest absolute Gasteiger partial charge is 0.374 e. The Morgan fingerprint density at radius 2 is 1.07 bits per heavy atom. The van der Waals surface area contributed by atoms with Crippen LogP contribution in [0.15, 0.2) is 211 Å². The van der Waals surface area contributed by atoms with Crippen molar-refractivity contribution < 1.29 is 0 Å². The molecular weight excluding hydrogens is 693 g/mol. The molecule has 0 spiro atoms. The molecule has 8 aromatic carbocycles. The highest BCUT2D eigenvalue weighted by atomic mass is 15.1. The van der Waals surface area contributed by atoms with Gasteiger partial charge >= 0.3 is 0 Å². The minimum Gasteiger partial charge on any atom is -0.374 e. The summed E-state index contributed by atoms with van der Waals surface area (Å²) in [6.45, 7) is 0. The van der Waals surface area contributed by atoms with Gasteiger partial charge in [-0.15, -0.1) is 0 Å². The van der Waals surface area contributed by atoms with Crippen LogP contribution < -0.4 is 10.6 Å². The number of aliphatic imine (C=N–C) groups is 1. The van der Waals surface area contributed by atoms with Crippen molar-refractivity contribution in [1.82, 2.24) is 9.88 Å². The first kappa shape index (κ1) is 33.0. The quantitative estimate of drug-likeness (QED) is 0.179. The Morgan fingerprint density at radius 3 is 1.77 bits per heavy atom. The average Bonchev–Trinajstić information content (AvgIpc) is 3.63. The van der Waals surface area contributed by atoms with E-state index in [9.17, 15) is 0 Å². The van der Waals surface area contributed by atoms with Crippen LogP contribution in [0.2, 0.25) is 0 Å². The van der Waals surface area contributed by atoms with Crippen molar-refractivity contribution in [2.45, 2.75) is 12.2 Å². The van der Waals surface area contributed by atoms with Crippen molar-refractivity contribution in [3.05, 3.63) is 240 Å². The Balaban J connectivity index is 1.01. The lowest BCUT2D eigenvalue weighted by molar-refractivity contribution is 0.669. The number of aromatic nitrogens is 1. The smallest absolute Gasteiger partial charge is 0.146 e. The topological polar surface area (TPSA) is 41.4 Å². The zero-order valence-corrected chi connectivity index (χ0v) is 31.2. The van der Waals surface area contributed by atoms with Crippen LogP contribution in [0, 0.1) is 0 Å². The van der Waals surface area contributed by atoms with E-state index in [0.29, 0.717) is 0 Å². The van der Waals surface area contributed by atoms with E-state index in [4.69, 9.17) is 4.99 Å². The Morgan fingerprint density at radius 1 is 0.456 bits per heavy atom. The Hall–Kier alpha value is -7.43. The van der Waals surface area contributed by atoms with Crippen molar-refractivity contribution in [1.29, 1.82) is 0 Å². The SMILES string of the molecule is C1=C(c2ccc(-n3c4ccccc4c4ccccc43)cc2)NC(c2cccc3c4c(ccc23)NC(c2ccccc2)C=C4c2ccccc2)N=C1c1ccccc1. The molecule has 0 saturated heterocycles. The van der Waals surface area contributed by atoms with E-state index in [2.05, 4.69) is 221 Å². The summed E-state index contributed by atoms with van der Waals surface area (Å²) in [6, 6.07) is 69.5. The van der Waals surface area contributed by atoms with Gasteiger partial charge in [0.25, 0.3) is 0 Å². The van der Waals surface area contributed by atoms with E-state index in [1.54, 1.807) is 0 Å². The molecule has 3 heterocycles. The number of para-hydroxylation sites is 2. The average molecular weight is 731 g/mol. The summed E-state index contributed by atoms with van der Waals surface area (Å²) >= 11 is 0. The third-order valence-electron chi connectivity index (χ3n) is 11.5. The molecule has 9 aromatic rings. The molecule has 0 saturated carbocycles. The van der Waals surface area contributed by atoms with Crippen molar-refractivity contribution in [2.24, 2.45) is 4.99 Å². The number of hydrogen-bond donors (Lipinski definition) is 2. The molecule has 4 nitrogen and oxygen atoms in total. The van der Waals surface area contributed by atoms with Gasteiger partial charge in [0.1, 0.15) is 6.17 Å². The Bertz CT molecular complexity index is 2990. The normalized spacial score (nSPS) is 16.3. The maximum Gasteiger partial charge on any atom is 0.146 e. The summed E-state index contributed by atoms with van der Waals surface area (Å²) in [5, 5.41) is 12.6. The van der Waals surface area contributed by atoms with E-state index in [1.165, 1.54) is 54.8 Å². The molecule has 2 unspecified atom stereocenters. The fourth-order valence-electron chi connectivity index (χ4n) is 8.79. The summed E-state index contributed by atoms with van der Waals surface area (Å²) in [7, 11) is 0. The predicted octanol–water partition coefficient (Wildman–Crippen LogP) is 12.7. The Labute approximate surface area is 331 Å². The third-order valence-corrected chi connectivity index (χ3v) is 11.5. The summed E-state index contributed by atoms with van der Waals surface area (Å²) in [5.41, 5.74) is 14.9. The van der Waals surface area contributed by atoms with Crippen LogP contribution in [0.1, 0.15) is 45.6 Å². The lowest BCUT2D eigenvalue weighted by atomic mass is 9.85. The fraction of sp³-hybridized carbons (Fsp3) is 0.0377. The van der Waals surface area contributed by atoms with Crippen molar-refractivity contribution in [2.75, 3.05) is 5.32 Å². The molecule has 0 amide bonds. The van der Waals surface area contributed by atoms with E-state index >= 15 is 0 Å². The Kier molecular flexibility index (Phi) is 7.92. The zero-order chi connectivity index (χ0) is 37.7. The van der Waals surface area contributed by atoms with Crippen LogP contribution in [0.4, 0.5) is 5.69 Å². The molecule has 1 aromatic heterocycles. The number of nitrogens with zero attached hydrogens (tertiary/aromatic N) is 2. The van der Waals surface area contributed by atoms with Gasteiger partial charge in [-0.25, -0.2) is 0 Å². The lowest BCUT2D eigenvalue weighted by Gasteiger charge is -2.30. The summed E-state index contributed by atoms with van der Waals surface area (Å²) < 4.78 is 2.36.